The first-order valence-electron chi connectivity index (χ1n) is 5.46. The number of hydrogen-bond acceptors (Lipinski definition) is 4. The Hall–Kier alpha value is -2.08. The zero-order valence-corrected chi connectivity index (χ0v) is 9.92. The number of nitrogens with one attached hydrogen (secondary N) is 1. The Labute approximate surface area is 104 Å². The van der Waals surface area contributed by atoms with Crippen LogP contribution in [-0.4, -0.2) is 41.3 Å². The van der Waals surface area contributed by atoms with Crippen LogP contribution in [0.15, 0.2) is 24.3 Å². The molecule has 3 N–H and O–H groups in total. The van der Waals surface area contributed by atoms with E-state index in [1.165, 1.54) is 0 Å². The van der Waals surface area contributed by atoms with Crippen molar-refractivity contribution >= 4 is 11.9 Å². The third-order valence-corrected chi connectivity index (χ3v) is 2.17. The monoisotopic (exact) mass is 253 g/mol. The number of ether oxygens (including phenoxy) is 1. The summed E-state index contributed by atoms with van der Waals surface area (Å²) in [6.07, 6.45) is -1.60. The van der Waals surface area contributed by atoms with E-state index in [0.717, 1.165) is 0 Å². The number of amides is 1. The van der Waals surface area contributed by atoms with Gasteiger partial charge in [-0.15, -0.1) is 0 Å². The first-order valence-corrected chi connectivity index (χ1v) is 5.46. The van der Waals surface area contributed by atoms with Crippen molar-refractivity contribution in [1.82, 2.24) is 5.32 Å². The fourth-order valence-electron chi connectivity index (χ4n) is 1.25. The molecule has 0 aliphatic heterocycles. The van der Waals surface area contributed by atoms with Crippen LogP contribution in [0.1, 0.15) is 17.3 Å². The second kappa shape index (κ2) is 6.61. The van der Waals surface area contributed by atoms with Gasteiger partial charge in [0.2, 0.25) is 0 Å². The number of rotatable bonds is 6. The number of carbonyl (C=O) groups excluding carboxylic acids is 1. The van der Waals surface area contributed by atoms with Crippen LogP contribution in [0.25, 0.3) is 0 Å². The van der Waals surface area contributed by atoms with Crippen molar-refractivity contribution in [2.75, 3.05) is 13.2 Å². The van der Waals surface area contributed by atoms with E-state index >= 15 is 0 Å². The first kappa shape index (κ1) is 14.0. The second-order valence-corrected chi connectivity index (χ2v) is 3.52. The van der Waals surface area contributed by atoms with Gasteiger partial charge >= 0.3 is 5.97 Å². The molecule has 1 amide bonds. The molecule has 0 spiro atoms. The molecule has 0 aliphatic carbocycles. The highest BCUT2D eigenvalue weighted by atomic mass is 16.5. The van der Waals surface area contributed by atoms with Gasteiger partial charge in [0.05, 0.1) is 13.2 Å². The smallest absolute Gasteiger partial charge is 0.334 e. The fraction of sp³-hybridized carbons (Fsp3) is 0.333. The molecule has 1 rings (SSSR count). The van der Waals surface area contributed by atoms with Gasteiger partial charge in [0.25, 0.3) is 5.91 Å². The summed E-state index contributed by atoms with van der Waals surface area (Å²) in [5.41, 5.74) is 0.371. The van der Waals surface area contributed by atoms with E-state index in [1.807, 2.05) is 6.92 Å². The van der Waals surface area contributed by atoms with Crippen molar-refractivity contribution in [2.45, 2.75) is 13.0 Å². The maximum absolute atomic E-state index is 11.6. The summed E-state index contributed by atoms with van der Waals surface area (Å²) in [6.45, 7) is 2.06. The lowest BCUT2D eigenvalue weighted by Gasteiger charge is -2.08. The number of carbonyl (C=O) groups is 2. The van der Waals surface area contributed by atoms with E-state index < -0.39 is 18.0 Å². The average molecular weight is 253 g/mol. The van der Waals surface area contributed by atoms with Gasteiger partial charge in [-0.25, -0.2) is 4.79 Å². The van der Waals surface area contributed by atoms with E-state index in [9.17, 15) is 9.59 Å². The molecular formula is C12H15NO5. The molecule has 0 radical (unpaired) electrons. The van der Waals surface area contributed by atoms with Crippen molar-refractivity contribution < 1.29 is 24.5 Å². The van der Waals surface area contributed by atoms with Crippen molar-refractivity contribution in [2.24, 2.45) is 0 Å². The molecule has 1 aromatic carbocycles. The van der Waals surface area contributed by atoms with Crippen LogP contribution in [0.3, 0.4) is 0 Å². The molecule has 0 heterocycles. The normalized spacial score (nSPS) is 11.7. The largest absolute Gasteiger partial charge is 0.494 e. The molecule has 6 heteroatoms. The fourth-order valence-corrected chi connectivity index (χ4v) is 1.25. The van der Waals surface area contributed by atoms with Gasteiger partial charge in [-0.1, -0.05) is 0 Å². The lowest BCUT2D eigenvalue weighted by Crippen LogP contribution is -2.36. The predicted molar refractivity (Wildman–Crippen MR) is 63.6 cm³/mol. The highest BCUT2D eigenvalue weighted by Crippen LogP contribution is 2.11. The maximum Gasteiger partial charge on any atom is 0.334 e. The third kappa shape index (κ3) is 4.06. The average Bonchev–Trinajstić information content (AvgIpc) is 2.36. The lowest BCUT2D eigenvalue weighted by atomic mass is 10.2. The van der Waals surface area contributed by atoms with Crippen LogP contribution in [0, 0.1) is 0 Å². The van der Waals surface area contributed by atoms with Crippen molar-refractivity contribution in [3.05, 3.63) is 29.8 Å². The molecule has 1 aromatic rings. The summed E-state index contributed by atoms with van der Waals surface area (Å²) in [4.78, 5) is 21.9. The van der Waals surface area contributed by atoms with Crippen LogP contribution < -0.4 is 10.1 Å². The topological polar surface area (TPSA) is 95.9 Å². The SMILES string of the molecule is CCOc1ccc(C(=O)NC[C@H](O)C(=O)O)cc1. The number of carboxylic acids is 1. The van der Waals surface area contributed by atoms with Crippen LogP contribution in [-0.2, 0) is 4.79 Å². The Morgan fingerprint density at radius 1 is 1.33 bits per heavy atom. The molecule has 0 aromatic heterocycles. The number of aliphatic carboxylic acids is 1. The summed E-state index contributed by atoms with van der Waals surface area (Å²) in [6, 6.07) is 6.42. The van der Waals surface area contributed by atoms with Gasteiger partial charge in [-0.2, -0.15) is 0 Å². The summed E-state index contributed by atoms with van der Waals surface area (Å²) in [7, 11) is 0. The molecule has 0 saturated heterocycles. The highest BCUT2D eigenvalue weighted by Gasteiger charge is 2.14. The third-order valence-electron chi connectivity index (χ3n) is 2.17. The highest BCUT2D eigenvalue weighted by molar-refractivity contribution is 5.94. The quantitative estimate of drug-likeness (QED) is 0.676. The summed E-state index contributed by atoms with van der Waals surface area (Å²) in [5.74, 6) is -1.17. The van der Waals surface area contributed by atoms with Gasteiger partial charge < -0.3 is 20.3 Å². The molecule has 0 bridgehead atoms. The summed E-state index contributed by atoms with van der Waals surface area (Å²) >= 11 is 0. The van der Waals surface area contributed by atoms with Crippen molar-refractivity contribution in [3.8, 4) is 5.75 Å². The molecule has 0 fully saturated rings. The van der Waals surface area contributed by atoms with E-state index in [1.54, 1.807) is 24.3 Å². The van der Waals surface area contributed by atoms with Gasteiger partial charge in [-0.05, 0) is 31.2 Å². The molecule has 0 unspecified atom stereocenters. The van der Waals surface area contributed by atoms with Gasteiger partial charge in [0, 0.05) is 5.56 Å². The summed E-state index contributed by atoms with van der Waals surface area (Å²) < 4.78 is 5.22. The predicted octanol–water partition coefficient (Wildman–Crippen LogP) is 0.261. The number of aliphatic hydroxyl groups is 1. The van der Waals surface area contributed by atoms with E-state index in [2.05, 4.69) is 5.32 Å². The number of hydrogen-bond donors (Lipinski definition) is 3. The number of benzene rings is 1. The van der Waals surface area contributed by atoms with Crippen LogP contribution in [0.4, 0.5) is 0 Å². The van der Waals surface area contributed by atoms with Crippen molar-refractivity contribution in [1.29, 1.82) is 0 Å². The second-order valence-electron chi connectivity index (χ2n) is 3.52. The molecular weight excluding hydrogens is 238 g/mol. The van der Waals surface area contributed by atoms with E-state index in [0.29, 0.717) is 17.9 Å². The molecule has 0 aliphatic rings. The first-order chi connectivity index (χ1) is 8.54. The van der Waals surface area contributed by atoms with Gasteiger partial charge in [0.1, 0.15) is 5.75 Å². The standard InChI is InChI=1S/C12H15NO5/c1-2-18-9-5-3-8(4-6-9)11(15)13-7-10(14)12(16)17/h3-6,10,14H,2,7H2,1H3,(H,13,15)(H,16,17)/t10-/m0/s1. The van der Waals surface area contributed by atoms with Crippen LogP contribution in [0.2, 0.25) is 0 Å². The Balaban J connectivity index is 2.54. The zero-order chi connectivity index (χ0) is 13.5. The molecule has 1 atom stereocenters. The summed E-state index contributed by atoms with van der Waals surface area (Å²) in [5, 5.41) is 19.8. The molecule has 0 saturated carbocycles. The maximum atomic E-state index is 11.6. The van der Waals surface area contributed by atoms with Crippen LogP contribution in [0.5, 0.6) is 5.75 Å². The van der Waals surface area contributed by atoms with Crippen molar-refractivity contribution in [3.63, 3.8) is 0 Å². The molecule has 98 valence electrons. The Kier molecular flexibility index (Phi) is 5.13. The Morgan fingerprint density at radius 3 is 2.44 bits per heavy atom. The minimum absolute atomic E-state index is 0.332. The van der Waals surface area contributed by atoms with E-state index in [-0.39, 0.29) is 6.54 Å². The minimum Gasteiger partial charge on any atom is -0.494 e. The van der Waals surface area contributed by atoms with Gasteiger partial charge in [-0.3, -0.25) is 4.79 Å². The van der Waals surface area contributed by atoms with Crippen LogP contribution >= 0.6 is 0 Å². The number of carboxylic acid groups (broad SMARTS) is 1. The lowest BCUT2D eigenvalue weighted by molar-refractivity contribution is -0.146. The number of aliphatic hydroxyl groups excluding tert-OH is 1. The molecule has 18 heavy (non-hydrogen) atoms. The van der Waals surface area contributed by atoms with E-state index in [4.69, 9.17) is 14.9 Å². The Morgan fingerprint density at radius 2 is 1.94 bits per heavy atom. The zero-order valence-electron chi connectivity index (χ0n) is 9.92. The molecule has 6 nitrogen and oxygen atoms in total. The van der Waals surface area contributed by atoms with Gasteiger partial charge in [0.15, 0.2) is 6.10 Å². The minimum atomic E-state index is -1.60. The Bertz CT molecular complexity index is 415.